The molecule has 0 bridgehead atoms. The Morgan fingerprint density at radius 2 is 2.22 bits per heavy atom. The van der Waals surface area contributed by atoms with E-state index in [2.05, 4.69) is 29.4 Å². The lowest BCUT2D eigenvalue weighted by atomic mass is 10.0. The number of amides is 1. The van der Waals surface area contributed by atoms with E-state index in [1.807, 2.05) is 19.1 Å². The molecule has 2 rings (SSSR count). The van der Waals surface area contributed by atoms with E-state index in [0.717, 1.165) is 6.42 Å². The van der Waals surface area contributed by atoms with Crippen LogP contribution >= 0.6 is 11.3 Å². The first-order chi connectivity index (χ1) is 8.66. The maximum absolute atomic E-state index is 11.8. The molecule has 0 aliphatic rings. The fraction of sp³-hybridized carbons (Fsp3) is 0.286. The molecule has 0 aliphatic carbocycles. The normalized spacial score (nSPS) is 12.1. The van der Waals surface area contributed by atoms with Gasteiger partial charge in [-0.1, -0.05) is 24.3 Å². The first-order valence-corrected chi connectivity index (χ1v) is 6.84. The van der Waals surface area contributed by atoms with Crippen LogP contribution < -0.4 is 5.32 Å². The summed E-state index contributed by atoms with van der Waals surface area (Å²) in [5, 5.41) is 4.72. The molecule has 0 fully saturated rings. The topological polar surface area (TPSA) is 42.0 Å². The monoisotopic (exact) mass is 260 g/mol. The molecule has 1 atom stereocenters. The quantitative estimate of drug-likeness (QED) is 0.918. The number of carbonyl (C=O) groups excluding carboxylic acids is 1. The summed E-state index contributed by atoms with van der Waals surface area (Å²) in [6, 6.07) is 8.33. The van der Waals surface area contributed by atoms with Crippen LogP contribution in [0, 0.1) is 6.92 Å². The second-order valence-corrected chi connectivity index (χ2v) is 5.10. The third-order valence-corrected chi connectivity index (χ3v) is 3.42. The molecule has 18 heavy (non-hydrogen) atoms. The zero-order valence-corrected chi connectivity index (χ0v) is 11.3. The number of aryl methyl sites for hydroxylation is 1. The molecule has 1 aromatic heterocycles. The second-order valence-electron chi connectivity index (χ2n) is 4.38. The molecule has 1 heterocycles. The standard InChI is InChI=1S/C14H16N2OS/c1-10-5-3-4-6-12(10)7-11(2)16-14(17)13-8-18-9-15-13/h3-6,8-9,11H,7H2,1-2H3,(H,16,17). The van der Waals surface area contributed by atoms with Gasteiger partial charge in [0.15, 0.2) is 0 Å². The van der Waals surface area contributed by atoms with E-state index in [9.17, 15) is 4.79 Å². The number of hydrogen-bond acceptors (Lipinski definition) is 3. The zero-order valence-electron chi connectivity index (χ0n) is 10.5. The highest BCUT2D eigenvalue weighted by Gasteiger charge is 2.12. The molecule has 0 saturated carbocycles. The van der Waals surface area contributed by atoms with Crippen LogP contribution in [-0.4, -0.2) is 16.9 Å². The van der Waals surface area contributed by atoms with Crippen molar-refractivity contribution in [2.24, 2.45) is 0 Å². The number of aromatic nitrogens is 1. The van der Waals surface area contributed by atoms with Crippen LogP contribution in [0.5, 0.6) is 0 Å². The number of nitrogens with one attached hydrogen (secondary N) is 1. The van der Waals surface area contributed by atoms with Crippen molar-refractivity contribution in [3.63, 3.8) is 0 Å². The SMILES string of the molecule is Cc1ccccc1CC(C)NC(=O)c1cscn1. The summed E-state index contributed by atoms with van der Waals surface area (Å²) in [6.07, 6.45) is 0.836. The van der Waals surface area contributed by atoms with Crippen molar-refractivity contribution in [2.45, 2.75) is 26.3 Å². The number of hydrogen-bond donors (Lipinski definition) is 1. The highest BCUT2D eigenvalue weighted by atomic mass is 32.1. The lowest BCUT2D eigenvalue weighted by molar-refractivity contribution is 0.0935. The minimum Gasteiger partial charge on any atom is -0.348 e. The van der Waals surface area contributed by atoms with Gasteiger partial charge < -0.3 is 5.32 Å². The molecule has 94 valence electrons. The number of thiazole rings is 1. The van der Waals surface area contributed by atoms with Crippen LogP contribution in [0.3, 0.4) is 0 Å². The number of benzene rings is 1. The van der Waals surface area contributed by atoms with E-state index in [1.54, 1.807) is 10.9 Å². The van der Waals surface area contributed by atoms with Crippen molar-refractivity contribution in [3.05, 3.63) is 52.0 Å². The predicted molar refractivity (Wildman–Crippen MR) is 73.9 cm³/mol. The second kappa shape index (κ2) is 5.78. The predicted octanol–water partition coefficient (Wildman–Crippen LogP) is 2.81. The highest BCUT2D eigenvalue weighted by Crippen LogP contribution is 2.10. The van der Waals surface area contributed by atoms with E-state index in [0.29, 0.717) is 5.69 Å². The fourth-order valence-electron chi connectivity index (χ4n) is 1.84. The van der Waals surface area contributed by atoms with E-state index in [1.165, 1.54) is 22.5 Å². The molecular formula is C14H16N2OS. The van der Waals surface area contributed by atoms with Gasteiger partial charge >= 0.3 is 0 Å². The van der Waals surface area contributed by atoms with Crippen molar-refractivity contribution >= 4 is 17.2 Å². The van der Waals surface area contributed by atoms with E-state index >= 15 is 0 Å². The van der Waals surface area contributed by atoms with E-state index in [4.69, 9.17) is 0 Å². The first-order valence-electron chi connectivity index (χ1n) is 5.90. The Hall–Kier alpha value is -1.68. The molecule has 1 unspecified atom stereocenters. The van der Waals surface area contributed by atoms with E-state index in [-0.39, 0.29) is 11.9 Å². The minimum absolute atomic E-state index is 0.0975. The number of rotatable bonds is 4. The molecule has 0 spiro atoms. The zero-order chi connectivity index (χ0) is 13.0. The fourth-order valence-corrected chi connectivity index (χ4v) is 2.37. The summed E-state index contributed by atoms with van der Waals surface area (Å²) >= 11 is 1.43. The van der Waals surface area contributed by atoms with Crippen LogP contribution in [0.4, 0.5) is 0 Å². The summed E-state index contributed by atoms with van der Waals surface area (Å²) in [5.41, 5.74) is 4.69. The molecule has 1 N–H and O–H groups in total. The van der Waals surface area contributed by atoms with Gasteiger partial charge in [-0.15, -0.1) is 11.3 Å². The van der Waals surface area contributed by atoms with Crippen LogP contribution in [0.1, 0.15) is 28.5 Å². The minimum atomic E-state index is -0.0997. The molecule has 1 amide bonds. The smallest absolute Gasteiger partial charge is 0.270 e. The van der Waals surface area contributed by atoms with Crippen molar-refractivity contribution in [2.75, 3.05) is 0 Å². The lowest BCUT2D eigenvalue weighted by Gasteiger charge is -2.14. The van der Waals surface area contributed by atoms with Crippen LogP contribution in [0.25, 0.3) is 0 Å². The summed E-state index contributed by atoms with van der Waals surface area (Å²) < 4.78 is 0. The Morgan fingerprint density at radius 3 is 2.89 bits per heavy atom. The van der Waals surface area contributed by atoms with Gasteiger partial charge in [-0.25, -0.2) is 4.98 Å². The summed E-state index contributed by atoms with van der Waals surface area (Å²) in [7, 11) is 0. The van der Waals surface area contributed by atoms with E-state index < -0.39 is 0 Å². The van der Waals surface area contributed by atoms with Crippen LogP contribution in [0.15, 0.2) is 35.2 Å². The Labute approximate surface area is 111 Å². The highest BCUT2D eigenvalue weighted by molar-refractivity contribution is 7.07. The molecule has 3 nitrogen and oxygen atoms in total. The van der Waals surface area contributed by atoms with Gasteiger partial charge in [0.05, 0.1) is 5.51 Å². The van der Waals surface area contributed by atoms with Gasteiger partial charge in [0, 0.05) is 11.4 Å². The Balaban J connectivity index is 1.95. The molecule has 0 saturated heterocycles. The van der Waals surface area contributed by atoms with Crippen LogP contribution in [0.2, 0.25) is 0 Å². The Kier molecular flexibility index (Phi) is 4.10. The maximum atomic E-state index is 11.8. The Bertz CT molecular complexity index is 522. The van der Waals surface area contributed by atoms with Gasteiger partial charge in [0.25, 0.3) is 5.91 Å². The first kappa shape index (κ1) is 12.8. The van der Waals surface area contributed by atoms with Gasteiger partial charge in [-0.05, 0) is 31.4 Å². The number of nitrogens with zero attached hydrogens (tertiary/aromatic N) is 1. The lowest BCUT2D eigenvalue weighted by Crippen LogP contribution is -2.34. The summed E-state index contributed by atoms with van der Waals surface area (Å²) in [5.74, 6) is -0.0997. The molecule has 1 aromatic carbocycles. The third-order valence-electron chi connectivity index (χ3n) is 2.83. The average molecular weight is 260 g/mol. The molecular weight excluding hydrogens is 244 g/mol. The maximum Gasteiger partial charge on any atom is 0.270 e. The van der Waals surface area contributed by atoms with Crippen molar-refractivity contribution in [1.29, 1.82) is 0 Å². The van der Waals surface area contributed by atoms with Gasteiger partial charge in [-0.2, -0.15) is 0 Å². The molecule has 0 aliphatic heterocycles. The third kappa shape index (κ3) is 3.17. The summed E-state index contributed by atoms with van der Waals surface area (Å²) in [4.78, 5) is 15.8. The Morgan fingerprint density at radius 1 is 1.44 bits per heavy atom. The number of carbonyl (C=O) groups is 1. The van der Waals surface area contributed by atoms with Crippen molar-refractivity contribution < 1.29 is 4.79 Å². The molecule has 0 radical (unpaired) electrons. The molecule has 4 heteroatoms. The van der Waals surface area contributed by atoms with Crippen molar-refractivity contribution in [3.8, 4) is 0 Å². The van der Waals surface area contributed by atoms with Crippen molar-refractivity contribution in [1.82, 2.24) is 10.3 Å². The largest absolute Gasteiger partial charge is 0.348 e. The van der Waals surface area contributed by atoms with Gasteiger partial charge in [-0.3, -0.25) is 4.79 Å². The summed E-state index contributed by atoms with van der Waals surface area (Å²) in [6.45, 7) is 4.10. The van der Waals surface area contributed by atoms with Gasteiger partial charge in [0.1, 0.15) is 5.69 Å². The molecule has 2 aromatic rings. The van der Waals surface area contributed by atoms with Crippen LogP contribution in [-0.2, 0) is 6.42 Å². The average Bonchev–Trinajstić information content (AvgIpc) is 2.85. The van der Waals surface area contributed by atoms with Gasteiger partial charge in [0.2, 0.25) is 0 Å².